The van der Waals surface area contributed by atoms with Crippen LogP contribution in [0.15, 0.2) is 12.2 Å². The van der Waals surface area contributed by atoms with Gasteiger partial charge in [-0.05, 0) is 6.92 Å². The summed E-state index contributed by atoms with van der Waals surface area (Å²) in [5, 5.41) is 2.67. The molecule has 1 heterocycles. The highest BCUT2D eigenvalue weighted by Crippen LogP contribution is 2.03. The molecular formula is C21H36N2O9. The van der Waals surface area contributed by atoms with E-state index in [4.69, 9.17) is 28.4 Å². The first-order valence-electron chi connectivity index (χ1n) is 10.9. The molecule has 0 unspecified atom stereocenters. The Bertz CT molecular complexity index is 539. The van der Waals surface area contributed by atoms with E-state index in [2.05, 4.69) is 5.32 Å². The molecule has 0 spiro atoms. The van der Waals surface area contributed by atoms with Gasteiger partial charge in [0, 0.05) is 38.3 Å². The summed E-state index contributed by atoms with van der Waals surface area (Å²) in [6.45, 7) is 8.43. The molecule has 0 aliphatic carbocycles. The molecule has 0 aromatic rings. The maximum Gasteiger partial charge on any atom is 0.253 e. The Balaban J connectivity index is 1.74. The highest BCUT2D eigenvalue weighted by Gasteiger charge is 2.23. The molecule has 0 bridgehead atoms. The Morgan fingerprint density at radius 3 is 1.56 bits per heavy atom. The molecule has 0 aromatic heterocycles. The lowest BCUT2D eigenvalue weighted by Gasteiger charge is -2.13. The second-order valence-electron chi connectivity index (χ2n) is 6.52. The predicted molar refractivity (Wildman–Crippen MR) is 114 cm³/mol. The maximum atomic E-state index is 11.7. The van der Waals surface area contributed by atoms with Gasteiger partial charge in [0.25, 0.3) is 11.8 Å². The van der Waals surface area contributed by atoms with Crippen LogP contribution in [0.25, 0.3) is 0 Å². The normalized spacial score (nSPS) is 13.3. The first kappa shape index (κ1) is 28.1. The monoisotopic (exact) mass is 460 g/mol. The standard InChI is InChI=1S/C21H36N2O9/c1-2-27-9-10-29-13-14-31-17-18-32-16-15-30-12-11-28-8-6-22-19(24)5-7-23-20(25)3-4-21(23)26/h3-4H,2,5-18H2,1H3,(H,22,24). The number of hydrogen-bond donors (Lipinski definition) is 1. The van der Waals surface area contributed by atoms with Gasteiger partial charge in [0.05, 0.1) is 72.7 Å². The molecule has 1 rings (SSSR count). The molecule has 0 aromatic carbocycles. The number of hydrogen-bond acceptors (Lipinski definition) is 9. The fraction of sp³-hybridized carbons (Fsp3) is 0.762. The van der Waals surface area contributed by atoms with Gasteiger partial charge in [-0.15, -0.1) is 0 Å². The first-order chi connectivity index (χ1) is 15.6. The lowest BCUT2D eigenvalue weighted by Crippen LogP contribution is -2.35. The van der Waals surface area contributed by atoms with Gasteiger partial charge in [0.2, 0.25) is 5.91 Å². The number of carbonyl (C=O) groups excluding carboxylic acids is 3. The summed E-state index contributed by atoms with van der Waals surface area (Å²) in [6.07, 6.45) is 2.46. The summed E-state index contributed by atoms with van der Waals surface area (Å²) < 4.78 is 32.0. The number of rotatable bonds is 22. The Morgan fingerprint density at radius 1 is 0.719 bits per heavy atom. The fourth-order valence-corrected chi connectivity index (χ4v) is 2.46. The van der Waals surface area contributed by atoms with Crippen molar-refractivity contribution in [3.05, 3.63) is 12.2 Å². The number of carbonyl (C=O) groups is 3. The van der Waals surface area contributed by atoms with Crippen LogP contribution in [0.3, 0.4) is 0 Å². The van der Waals surface area contributed by atoms with Crippen LogP contribution < -0.4 is 5.32 Å². The molecule has 1 aliphatic heterocycles. The van der Waals surface area contributed by atoms with Crippen LogP contribution >= 0.6 is 0 Å². The van der Waals surface area contributed by atoms with Crippen molar-refractivity contribution in [1.82, 2.24) is 10.2 Å². The molecule has 3 amide bonds. The zero-order valence-corrected chi connectivity index (χ0v) is 18.9. The van der Waals surface area contributed by atoms with Crippen molar-refractivity contribution in [2.24, 2.45) is 0 Å². The van der Waals surface area contributed by atoms with E-state index in [-0.39, 0.29) is 30.7 Å². The number of nitrogens with zero attached hydrogens (tertiary/aromatic N) is 1. The third kappa shape index (κ3) is 15.0. The van der Waals surface area contributed by atoms with Gasteiger partial charge in [-0.25, -0.2) is 0 Å². The van der Waals surface area contributed by atoms with Crippen LogP contribution in [0, 0.1) is 0 Å². The van der Waals surface area contributed by atoms with Crippen molar-refractivity contribution in [2.75, 3.05) is 92.4 Å². The summed E-state index contributed by atoms with van der Waals surface area (Å²) in [6, 6.07) is 0. The van der Waals surface area contributed by atoms with Crippen LogP contribution in [0.4, 0.5) is 0 Å². The van der Waals surface area contributed by atoms with E-state index in [9.17, 15) is 14.4 Å². The van der Waals surface area contributed by atoms with Crippen LogP contribution in [0.2, 0.25) is 0 Å². The Kier molecular flexibility index (Phi) is 17.4. The number of ether oxygens (including phenoxy) is 6. The third-order valence-electron chi connectivity index (χ3n) is 4.10. The van der Waals surface area contributed by atoms with E-state index >= 15 is 0 Å². The first-order valence-corrected chi connectivity index (χ1v) is 10.9. The lowest BCUT2D eigenvalue weighted by molar-refractivity contribution is -0.137. The van der Waals surface area contributed by atoms with Crippen molar-refractivity contribution in [3.8, 4) is 0 Å². The summed E-state index contributed by atoms with van der Waals surface area (Å²) in [5.41, 5.74) is 0. The number of nitrogens with one attached hydrogen (secondary N) is 1. The van der Waals surface area contributed by atoms with Gasteiger partial charge in [-0.2, -0.15) is 0 Å². The minimum atomic E-state index is -0.389. The van der Waals surface area contributed by atoms with Gasteiger partial charge in [-0.1, -0.05) is 0 Å². The summed E-state index contributed by atoms with van der Waals surface area (Å²) in [7, 11) is 0. The molecule has 0 atom stereocenters. The molecule has 1 aliphatic rings. The molecule has 11 nitrogen and oxygen atoms in total. The Hall–Kier alpha value is -1.89. The van der Waals surface area contributed by atoms with Crippen LogP contribution in [-0.2, 0) is 42.8 Å². The average molecular weight is 461 g/mol. The van der Waals surface area contributed by atoms with Gasteiger partial charge < -0.3 is 33.7 Å². The minimum Gasteiger partial charge on any atom is -0.379 e. The lowest BCUT2D eigenvalue weighted by atomic mass is 10.3. The van der Waals surface area contributed by atoms with E-state index in [1.54, 1.807) is 0 Å². The smallest absolute Gasteiger partial charge is 0.253 e. The maximum absolute atomic E-state index is 11.7. The van der Waals surface area contributed by atoms with Gasteiger partial charge in [0.15, 0.2) is 0 Å². The average Bonchev–Trinajstić information content (AvgIpc) is 3.11. The van der Waals surface area contributed by atoms with Gasteiger partial charge >= 0.3 is 0 Å². The van der Waals surface area contributed by atoms with E-state index in [0.717, 1.165) is 4.90 Å². The van der Waals surface area contributed by atoms with E-state index in [0.29, 0.717) is 85.8 Å². The Labute approximate surface area is 189 Å². The van der Waals surface area contributed by atoms with Gasteiger partial charge in [-0.3, -0.25) is 19.3 Å². The molecule has 0 saturated heterocycles. The molecular weight excluding hydrogens is 424 g/mol. The summed E-state index contributed by atoms with van der Waals surface area (Å²) >= 11 is 0. The molecule has 184 valence electrons. The molecule has 32 heavy (non-hydrogen) atoms. The number of amides is 3. The van der Waals surface area contributed by atoms with Crippen molar-refractivity contribution >= 4 is 17.7 Å². The molecule has 1 N–H and O–H groups in total. The Morgan fingerprint density at radius 2 is 1.12 bits per heavy atom. The van der Waals surface area contributed by atoms with Gasteiger partial charge in [0.1, 0.15) is 0 Å². The summed E-state index contributed by atoms with van der Waals surface area (Å²) in [4.78, 5) is 35.5. The second kappa shape index (κ2) is 19.8. The summed E-state index contributed by atoms with van der Waals surface area (Å²) in [5.74, 6) is -1.02. The predicted octanol–water partition coefficient (Wildman–Crippen LogP) is -0.463. The van der Waals surface area contributed by atoms with Crippen molar-refractivity contribution in [2.45, 2.75) is 13.3 Å². The van der Waals surface area contributed by atoms with Crippen molar-refractivity contribution in [1.29, 1.82) is 0 Å². The van der Waals surface area contributed by atoms with E-state index in [1.165, 1.54) is 12.2 Å². The van der Waals surface area contributed by atoms with Crippen LogP contribution in [0.1, 0.15) is 13.3 Å². The zero-order chi connectivity index (χ0) is 23.3. The zero-order valence-electron chi connectivity index (χ0n) is 18.9. The van der Waals surface area contributed by atoms with Crippen LogP contribution in [0.5, 0.6) is 0 Å². The SMILES string of the molecule is CCOCCOCCOCCOCCOCCOCCNC(=O)CCN1C(=O)C=CC1=O. The third-order valence-corrected chi connectivity index (χ3v) is 4.10. The number of imide groups is 1. The highest BCUT2D eigenvalue weighted by atomic mass is 16.6. The largest absolute Gasteiger partial charge is 0.379 e. The van der Waals surface area contributed by atoms with Crippen molar-refractivity contribution < 1.29 is 42.8 Å². The quantitative estimate of drug-likeness (QED) is 0.169. The fourth-order valence-electron chi connectivity index (χ4n) is 2.46. The van der Waals surface area contributed by atoms with E-state index in [1.807, 2.05) is 6.92 Å². The second-order valence-corrected chi connectivity index (χ2v) is 6.52. The highest BCUT2D eigenvalue weighted by molar-refractivity contribution is 6.13. The molecule has 0 radical (unpaired) electrons. The van der Waals surface area contributed by atoms with Crippen LogP contribution in [-0.4, -0.2) is 115 Å². The molecule has 11 heteroatoms. The topological polar surface area (TPSA) is 122 Å². The molecule has 0 fully saturated rings. The molecule has 0 saturated carbocycles. The van der Waals surface area contributed by atoms with Crippen molar-refractivity contribution in [3.63, 3.8) is 0 Å². The minimum absolute atomic E-state index is 0.0650. The van der Waals surface area contributed by atoms with E-state index < -0.39 is 0 Å².